The Bertz CT molecular complexity index is 1580. The number of aromatic nitrogens is 5. The third kappa shape index (κ3) is 3.48. The Morgan fingerprint density at radius 1 is 1.18 bits per heavy atom. The highest BCUT2D eigenvalue weighted by Gasteiger charge is 2.23. The molecule has 4 heterocycles. The van der Waals surface area contributed by atoms with Gasteiger partial charge in [-0.2, -0.15) is 0 Å². The molecule has 3 N–H and O–H groups in total. The summed E-state index contributed by atoms with van der Waals surface area (Å²) in [4.78, 5) is 35.0. The first-order chi connectivity index (χ1) is 16.0. The van der Waals surface area contributed by atoms with Crippen LogP contribution in [0.4, 0.5) is 5.82 Å². The number of pyridine rings is 2. The van der Waals surface area contributed by atoms with Crippen LogP contribution in [0, 0.1) is 0 Å². The van der Waals surface area contributed by atoms with Crippen molar-refractivity contribution >= 4 is 39.7 Å². The number of fused-ring (bicyclic) bond motifs is 2. The van der Waals surface area contributed by atoms with E-state index in [4.69, 9.17) is 17.3 Å². The van der Waals surface area contributed by atoms with E-state index < -0.39 is 11.9 Å². The second-order valence-corrected chi connectivity index (χ2v) is 7.88. The molecule has 0 fully saturated rings. The van der Waals surface area contributed by atoms with Crippen LogP contribution in [-0.4, -0.2) is 30.1 Å². The third-order valence-corrected chi connectivity index (χ3v) is 5.68. The SMILES string of the molecule is CC(NC(=O)c1c(N)nn2cccnc12)c1cc2cccc(Cl)c2c(=O)n1-c1cccnc1. The number of rotatable bonds is 4. The number of nitrogens with one attached hydrogen (secondary N) is 1. The number of anilines is 1. The fourth-order valence-corrected chi connectivity index (χ4v) is 4.14. The summed E-state index contributed by atoms with van der Waals surface area (Å²) < 4.78 is 2.95. The summed E-state index contributed by atoms with van der Waals surface area (Å²) in [5.74, 6) is -0.390. The zero-order valence-corrected chi connectivity index (χ0v) is 18.2. The molecule has 0 saturated carbocycles. The molecule has 0 aliphatic rings. The number of nitrogens with two attached hydrogens (primary N) is 1. The minimum atomic E-state index is -0.577. The number of hydrogen-bond donors (Lipinski definition) is 2. The van der Waals surface area contributed by atoms with E-state index in [9.17, 15) is 9.59 Å². The lowest BCUT2D eigenvalue weighted by Gasteiger charge is -2.21. The molecule has 1 atom stereocenters. The summed E-state index contributed by atoms with van der Waals surface area (Å²) in [5.41, 5.74) is 7.31. The van der Waals surface area contributed by atoms with Crippen molar-refractivity contribution in [1.29, 1.82) is 0 Å². The molecule has 10 heteroatoms. The fourth-order valence-electron chi connectivity index (χ4n) is 3.88. The van der Waals surface area contributed by atoms with Gasteiger partial charge in [-0.05, 0) is 42.6 Å². The molecule has 0 bridgehead atoms. The topological polar surface area (TPSA) is 120 Å². The van der Waals surface area contributed by atoms with E-state index in [0.717, 1.165) is 0 Å². The maximum Gasteiger partial charge on any atom is 0.264 e. The van der Waals surface area contributed by atoms with Crippen LogP contribution in [-0.2, 0) is 0 Å². The predicted molar refractivity (Wildman–Crippen MR) is 126 cm³/mol. The number of nitrogens with zero attached hydrogens (tertiary/aromatic N) is 5. The van der Waals surface area contributed by atoms with E-state index in [2.05, 4.69) is 20.4 Å². The molecule has 0 aliphatic heterocycles. The zero-order valence-electron chi connectivity index (χ0n) is 17.4. The molecule has 4 aromatic heterocycles. The van der Waals surface area contributed by atoms with Gasteiger partial charge in [0, 0.05) is 24.3 Å². The van der Waals surface area contributed by atoms with Crippen LogP contribution >= 0.6 is 11.6 Å². The first-order valence-corrected chi connectivity index (χ1v) is 10.5. The minimum Gasteiger partial charge on any atom is -0.381 e. The lowest BCUT2D eigenvalue weighted by Crippen LogP contribution is -2.32. The van der Waals surface area contributed by atoms with Crippen LogP contribution in [0.15, 0.2) is 72.0 Å². The number of nitrogen functional groups attached to an aromatic ring is 1. The van der Waals surface area contributed by atoms with Crippen LogP contribution in [0.3, 0.4) is 0 Å². The number of carbonyl (C=O) groups is 1. The number of halogens is 1. The van der Waals surface area contributed by atoms with Crippen molar-refractivity contribution in [2.45, 2.75) is 13.0 Å². The highest BCUT2D eigenvalue weighted by Crippen LogP contribution is 2.26. The largest absolute Gasteiger partial charge is 0.381 e. The predicted octanol–water partition coefficient (Wildman–Crippen LogP) is 3.16. The van der Waals surface area contributed by atoms with Gasteiger partial charge in [0.15, 0.2) is 11.5 Å². The van der Waals surface area contributed by atoms with Crippen LogP contribution in [0.5, 0.6) is 0 Å². The molecule has 1 aromatic carbocycles. The first-order valence-electron chi connectivity index (χ1n) is 10.1. The van der Waals surface area contributed by atoms with Crippen LogP contribution in [0.1, 0.15) is 29.0 Å². The quantitative estimate of drug-likeness (QED) is 0.426. The van der Waals surface area contributed by atoms with Crippen molar-refractivity contribution in [3.63, 3.8) is 0 Å². The lowest BCUT2D eigenvalue weighted by molar-refractivity contribution is 0.0941. The van der Waals surface area contributed by atoms with E-state index in [1.54, 1.807) is 68.1 Å². The number of amides is 1. The summed E-state index contributed by atoms with van der Waals surface area (Å²) in [6.45, 7) is 1.78. The molecule has 33 heavy (non-hydrogen) atoms. The Morgan fingerprint density at radius 2 is 2.03 bits per heavy atom. The number of carbonyl (C=O) groups excluding carboxylic acids is 1. The molecular formula is C23H18ClN7O2. The molecule has 0 radical (unpaired) electrons. The van der Waals surface area contributed by atoms with Gasteiger partial charge in [-0.15, -0.1) is 5.10 Å². The van der Waals surface area contributed by atoms with Gasteiger partial charge in [-0.1, -0.05) is 23.7 Å². The van der Waals surface area contributed by atoms with Crippen molar-refractivity contribution in [1.82, 2.24) is 29.5 Å². The van der Waals surface area contributed by atoms with Crippen LogP contribution in [0.2, 0.25) is 5.02 Å². The normalized spacial score (nSPS) is 12.2. The van der Waals surface area contributed by atoms with Gasteiger partial charge >= 0.3 is 0 Å². The van der Waals surface area contributed by atoms with Gasteiger partial charge in [0.05, 0.1) is 28.3 Å². The Balaban J connectivity index is 1.64. The summed E-state index contributed by atoms with van der Waals surface area (Å²) >= 11 is 6.35. The van der Waals surface area contributed by atoms with Crippen molar-refractivity contribution in [2.75, 3.05) is 5.73 Å². The highest BCUT2D eigenvalue weighted by atomic mass is 35.5. The minimum absolute atomic E-state index is 0.0633. The summed E-state index contributed by atoms with van der Waals surface area (Å²) in [7, 11) is 0. The smallest absolute Gasteiger partial charge is 0.264 e. The molecule has 164 valence electrons. The van der Waals surface area contributed by atoms with Crippen molar-refractivity contribution in [3.8, 4) is 5.69 Å². The first kappa shape index (κ1) is 20.7. The monoisotopic (exact) mass is 459 g/mol. The Labute approximate surface area is 192 Å². The van der Waals surface area contributed by atoms with Crippen molar-refractivity contribution in [3.05, 3.63) is 93.9 Å². The fraction of sp³-hybridized carbons (Fsp3) is 0.0870. The maximum absolute atomic E-state index is 13.5. The Morgan fingerprint density at radius 3 is 2.82 bits per heavy atom. The number of hydrogen-bond acceptors (Lipinski definition) is 6. The molecule has 0 aliphatic carbocycles. The standard InChI is InChI=1S/C23H18ClN7O2/c1-13(28-22(32)19-20(25)29-30-10-4-9-27-21(19)30)17-11-14-5-2-7-16(24)18(14)23(33)31(17)15-6-3-8-26-12-15/h2-13H,1H3,(H2,25,29)(H,28,32). The van der Waals surface area contributed by atoms with Crippen LogP contribution < -0.4 is 16.6 Å². The van der Waals surface area contributed by atoms with Crippen LogP contribution in [0.25, 0.3) is 22.1 Å². The van der Waals surface area contributed by atoms with Gasteiger partial charge in [-0.3, -0.25) is 19.1 Å². The molecule has 0 saturated heterocycles. The van der Waals surface area contributed by atoms with Gasteiger partial charge in [0.2, 0.25) is 0 Å². The Hall–Kier alpha value is -4.24. The second kappa shape index (κ2) is 8.03. The van der Waals surface area contributed by atoms with E-state index in [1.807, 2.05) is 6.07 Å². The molecule has 1 unspecified atom stereocenters. The average Bonchev–Trinajstić information content (AvgIpc) is 3.15. The molecule has 5 aromatic rings. The maximum atomic E-state index is 13.5. The van der Waals surface area contributed by atoms with E-state index in [0.29, 0.717) is 32.8 Å². The van der Waals surface area contributed by atoms with E-state index in [-0.39, 0.29) is 16.9 Å². The summed E-state index contributed by atoms with van der Waals surface area (Å²) in [6.07, 6.45) is 6.42. The second-order valence-electron chi connectivity index (χ2n) is 7.47. The summed E-state index contributed by atoms with van der Waals surface area (Å²) in [5, 5.41) is 8.47. The molecule has 0 spiro atoms. The van der Waals surface area contributed by atoms with Gasteiger partial charge < -0.3 is 11.1 Å². The van der Waals surface area contributed by atoms with Crippen molar-refractivity contribution < 1.29 is 4.79 Å². The van der Waals surface area contributed by atoms with E-state index in [1.165, 1.54) is 9.08 Å². The zero-order chi connectivity index (χ0) is 23.1. The van der Waals surface area contributed by atoms with E-state index >= 15 is 0 Å². The van der Waals surface area contributed by atoms with Gasteiger partial charge in [-0.25, -0.2) is 9.50 Å². The summed E-state index contributed by atoms with van der Waals surface area (Å²) in [6, 6.07) is 11.7. The highest BCUT2D eigenvalue weighted by molar-refractivity contribution is 6.35. The molecule has 1 amide bonds. The molecular weight excluding hydrogens is 442 g/mol. The number of benzene rings is 1. The lowest BCUT2D eigenvalue weighted by atomic mass is 10.1. The average molecular weight is 460 g/mol. The molecule has 5 rings (SSSR count). The van der Waals surface area contributed by atoms with Gasteiger partial charge in [0.1, 0.15) is 5.56 Å². The van der Waals surface area contributed by atoms with Gasteiger partial charge in [0.25, 0.3) is 11.5 Å². The third-order valence-electron chi connectivity index (χ3n) is 5.37. The Kier molecular flexibility index (Phi) is 5.02. The molecule has 9 nitrogen and oxygen atoms in total. The van der Waals surface area contributed by atoms with Crippen molar-refractivity contribution in [2.24, 2.45) is 0 Å².